The quantitative estimate of drug-likeness (QED) is 0.831. The van der Waals surface area contributed by atoms with Crippen LogP contribution >= 0.6 is 11.3 Å². The van der Waals surface area contributed by atoms with E-state index in [1.54, 1.807) is 0 Å². The van der Waals surface area contributed by atoms with Crippen LogP contribution in [0.1, 0.15) is 60.7 Å². The van der Waals surface area contributed by atoms with Gasteiger partial charge in [0.2, 0.25) is 0 Å². The van der Waals surface area contributed by atoms with Gasteiger partial charge in [-0.2, -0.15) is 0 Å². The molecule has 106 valence electrons. The van der Waals surface area contributed by atoms with Crippen molar-refractivity contribution in [3.63, 3.8) is 0 Å². The monoisotopic (exact) mass is 281 g/mol. The maximum Gasteiger partial charge on any atom is 0.346 e. The highest BCUT2D eigenvalue weighted by atomic mass is 32.1. The molecule has 1 saturated carbocycles. The largest absolute Gasteiger partial charge is 0.477 e. The summed E-state index contributed by atoms with van der Waals surface area (Å²) >= 11 is 1.31. The molecule has 0 bridgehead atoms. The standard InChI is InChI=1S/C15H23NO2S/c1-2-13(11-6-4-3-5-7-11)16-10-12-8-9-19-14(12)15(17)18/h8-9,11,13,16H,2-7,10H2,1H3,(H,17,18). The van der Waals surface area contributed by atoms with Crippen LogP contribution in [0.15, 0.2) is 11.4 Å². The van der Waals surface area contributed by atoms with Gasteiger partial charge in [-0.05, 0) is 42.2 Å². The molecule has 0 amide bonds. The first kappa shape index (κ1) is 14.5. The van der Waals surface area contributed by atoms with E-state index < -0.39 is 5.97 Å². The first-order valence-corrected chi connectivity index (χ1v) is 8.13. The van der Waals surface area contributed by atoms with Crippen molar-refractivity contribution in [3.05, 3.63) is 21.9 Å². The summed E-state index contributed by atoms with van der Waals surface area (Å²) in [6.45, 7) is 2.90. The van der Waals surface area contributed by atoms with Gasteiger partial charge in [0.25, 0.3) is 0 Å². The van der Waals surface area contributed by atoms with Crippen LogP contribution in [0.4, 0.5) is 0 Å². The molecule has 2 N–H and O–H groups in total. The third kappa shape index (κ3) is 3.80. The Labute approximate surface area is 119 Å². The molecular weight excluding hydrogens is 258 g/mol. The van der Waals surface area contributed by atoms with Gasteiger partial charge in [0.15, 0.2) is 0 Å². The van der Waals surface area contributed by atoms with Gasteiger partial charge in [-0.1, -0.05) is 26.2 Å². The predicted molar refractivity (Wildman–Crippen MR) is 78.8 cm³/mol. The summed E-state index contributed by atoms with van der Waals surface area (Å²) in [5, 5.41) is 14.6. The number of hydrogen-bond acceptors (Lipinski definition) is 3. The van der Waals surface area contributed by atoms with E-state index in [-0.39, 0.29) is 0 Å². The number of carboxylic acid groups (broad SMARTS) is 1. The fourth-order valence-electron chi connectivity index (χ4n) is 3.08. The summed E-state index contributed by atoms with van der Waals surface area (Å²) in [6, 6.07) is 2.45. The molecular formula is C15H23NO2S. The van der Waals surface area contributed by atoms with Crippen molar-refractivity contribution >= 4 is 17.3 Å². The lowest BCUT2D eigenvalue weighted by Gasteiger charge is -2.30. The zero-order chi connectivity index (χ0) is 13.7. The Morgan fingerprint density at radius 2 is 2.21 bits per heavy atom. The van der Waals surface area contributed by atoms with E-state index in [0.717, 1.165) is 17.9 Å². The van der Waals surface area contributed by atoms with Crippen molar-refractivity contribution in [1.29, 1.82) is 0 Å². The number of carbonyl (C=O) groups is 1. The number of carboxylic acids is 1. The molecule has 0 radical (unpaired) electrons. The lowest BCUT2D eigenvalue weighted by Crippen LogP contribution is -2.36. The minimum Gasteiger partial charge on any atom is -0.477 e. The van der Waals surface area contributed by atoms with Crippen LogP contribution in [-0.4, -0.2) is 17.1 Å². The number of nitrogens with one attached hydrogen (secondary N) is 1. The van der Waals surface area contributed by atoms with Crippen molar-refractivity contribution in [2.24, 2.45) is 5.92 Å². The molecule has 1 heterocycles. The SMILES string of the molecule is CCC(NCc1ccsc1C(=O)O)C1CCCCC1. The second-order valence-corrected chi connectivity index (χ2v) is 6.29. The van der Waals surface area contributed by atoms with Crippen molar-refractivity contribution < 1.29 is 9.90 Å². The van der Waals surface area contributed by atoms with Gasteiger partial charge in [-0.3, -0.25) is 0 Å². The van der Waals surface area contributed by atoms with Crippen LogP contribution in [0.5, 0.6) is 0 Å². The molecule has 2 rings (SSSR count). The smallest absolute Gasteiger partial charge is 0.346 e. The Balaban J connectivity index is 1.91. The maximum atomic E-state index is 11.1. The average molecular weight is 281 g/mol. The highest BCUT2D eigenvalue weighted by molar-refractivity contribution is 7.12. The minimum atomic E-state index is -0.808. The minimum absolute atomic E-state index is 0.478. The van der Waals surface area contributed by atoms with E-state index in [9.17, 15) is 4.79 Å². The van der Waals surface area contributed by atoms with E-state index in [1.807, 2.05) is 11.4 Å². The Morgan fingerprint density at radius 1 is 1.47 bits per heavy atom. The second kappa shape index (κ2) is 7.06. The summed E-state index contributed by atoms with van der Waals surface area (Å²) < 4.78 is 0. The van der Waals surface area contributed by atoms with Gasteiger partial charge >= 0.3 is 5.97 Å². The van der Waals surface area contributed by atoms with Crippen molar-refractivity contribution in [3.8, 4) is 0 Å². The first-order valence-electron chi connectivity index (χ1n) is 7.25. The lowest BCUT2D eigenvalue weighted by molar-refractivity contribution is 0.0701. The Kier molecular flexibility index (Phi) is 5.40. The molecule has 0 aliphatic heterocycles. The molecule has 1 aromatic rings. The summed E-state index contributed by atoms with van der Waals surface area (Å²) in [6.07, 6.45) is 7.84. The van der Waals surface area contributed by atoms with Crippen molar-refractivity contribution in [2.45, 2.75) is 58.0 Å². The molecule has 0 saturated heterocycles. The highest BCUT2D eigenvalue weighted by Crippen LogP contribution is 2.28. The number of hydrogen-bond donors (Lipinski definition) is 2. The van der Waals surface area contributed by atoms with E-state index in [0.29, 0.717) is 17.5 Å². The fraction of sp³-hybridized carbons (Fsp3) is 0.667. The zero-order valence-corrected chi connectivity index (χ0v) is 12.3. The van der Waals surface area contributed by atoms with Crippen LogP contribution in [0.2, 0.25) is 0 Å². The molecule has 1 aromatic heterocycles. The van der Waals surface area contributed by atoms with Gasteiger partial charge in [0, 0.05) is 12.6 Å². The average Bonchev–Trinajstić information content (AvgIpc) is 2.89. The van der Waals surface area contributed by atoms with Crippen molar-refractivity contribution in [2.75, 3.05) is 0 Å². The summed E-state index contributed by atoms with van der Waals surface area (Å²) in [4.78, 5) is 11.6. The molecule has 4 heteroatoms. The van der Waals surface area contributed by atoms with Gasteiger partial charge in [-0.15, -0.1) is 11.3 Å². The van der Waals surface area contributed by atoms with E-state index in [2.05, 4.69) is 12.2 Å². The zero-order valence-electron chi connectivity index (χ0n) is 11.5. The Morgan fingerprint density at radius 3 is 2.84 bits per heavy atom. The van der Waals surface area contributed by atoms with Crippen LogP contribution in [0.25, 0.3) is 0 Å². The normalized spacial score (nSPS) is 18.4. The van der Waals surface area contributed by atoms with Gasteiger partial charge in [-0.25, -0.2) is 4.79 Å². The van der Waals surface area contributed by atoms with Gasteiger partial charge in [0.1, 0.15) is 4.88 Å². The molecule has 19 heavy (non-hydrogen) atoms. The molecule has 1 aliphatic carbocycles. The Bertz CT molecular complexity index is 410. The maximum absolute atomic E-state index is 11.1. The van der Waals surface area contributed by atoms with E-state index >= 15 is 0 Å². The third-order valence-electron chi connectivity index (χ3n) is 4.15. The molecule has 1 atom stereocenters. The number of thiophene rings is 1. The van der Waals surface area contributed by atoms with Gasteiger partial charge < -0.3 is 10.4 Å². The molecule has 0 aromatic carbocycles. The van der Waals surface area contributed by atoms with Crippen LogP contribution < -0.4 is 5.32 Å². The first-order chi connectivity index (χ1) is 9.22. The van der Waals surface area contributed by atoms with Crippen LogP contribution in [0, 0.1) is 5.92 Å². The topological polar surface area (TPSA) is 49.3 Å². The highest BCUT2D eigenvalue weighted by Gasteiger charge is 2.22. The Hall–Kier alpha value is -0.870. The van der Waals surface area contributed by atoms with E-state index in [1.165, 1.54) is 43.4 Å². The predicted octanol–water partition coefficient (Wildman–Crippen LogP) is 3.89. The van der Waals surface area contributed by atoms with Gasteiger partial charge in [0.05, 0.1) is 0 Å². The number of rotatable bonds is 6. The molecule has 0 spiro atoms. The fourth-order valence-corrected chi connectivity index (χ4v) is 3.85. The second-order valence-electron chi connectivity index (χ2n) is 5.37. The van der Waals surface area contributed by atoms with Crippen LogP contribution in [0.3, 0.4) is 0 Å². The molecule has 1 fully saturated rings. The summed E-state index contributed by atoms with van der Waals surface area (Å²) in [5.74, 6) is -0.0387. The third-order valence-corrected chi connectivity index (χ3v) is 5.10. The molecule has 1 aliphatic rings. The summed E-state index contributed by atoms with van der Waals surface area (Å²) in [5.41, 5.74) is 0.923. The van der Waals surface area contributed by atoms with E-state index in [4.69, 9.17) is 5.11 Å². The molecule has 3 nitrogen and oxygen atoms in total. The van der Waals surface area contributed by atoms with Crippen molar-refractivity contribution in [1.82, 2.24) is 5.32 Å². The lowest BCUT2D eigenvalue weighted by atomic mass is 9.83. The number of aromatic carboxylic acids is 1. The molecule has 1 unspecified atom stereocenters. The summed E-state index contributed by atoms with van der Waals surface area (Å²) in [7, 11) is 0. The van der Waals surface area contributed by atoms with Crippen LogP contribution in [-0.2, 0) is 6.54 Å².